The molecule has 0 heterocycles. The first-order valence-corrected chi connectivity index (χ1v) is 17.4. The lowest BCUT2D eigenvalue weighted by Gasteiger charge is -2.34. The number of carbonyl (C=O) groups is 2. The van der Waals surface area contributed by atoms with Crippen LogP contribution >= 0.6 is 46.4 Å². The van der Waals surface area contributed by atoms with Crippen molar-refractivity contribution in [3.05, 3.63) is 128 Å². The highest BCUT2D eigenvalue weighted by atomic mass is 35.5. The van der Waals surface area contributed by atoms with E-state index in [0.29, 0.717) is 22.2 Å². The molecule has 0 aromatic heterocycles. The summed E-state index contributed by atoms with van der Waals surface area (Å²) in [6.45, 7) is 3.44. The number of amides is 2. The molecule has 242 valence electrons. The van der Waals surface area contributed by atoms with Crippen LogP contribution in [0.15, 0.2) is 102 Å². The maximum absolute atomic E-state index is 14.6. The molecule has 0 saturated heterocycles. The average Bonchev–Trinajstić information content (AvgIpc) is 3.01. The number of rotatable bonds is 13. The summed E-state index contributed by atoms with van der Waals surface area (Å²) in [6.07, 6.45) is 0.146. The molecule has 0 fully saturated rings. The normalized spacial score (nSPS) is 12.1. The standard InChI is InChI=1S/C34H33Cl4N3O4S/c1-23(2)20-39-34(43)32(16-24-10-5-3-6-11-24)40(21-29-30(37)14-9-15-31(29)38)33(42)22-41(27-18-25(35)17-26(36)19-27)46(44,45)28-12-7-4-8-13-28/h3-15,17-19,23,32H,16,20-22H2,1-2H3,(H,39,43). The molecule has 0 aliphatic rings. The van der Waals surface area contributed by atoms with E-state index in [-0.39, 0.29) is 39.5 Å². The second-order valence-corrected chi connectivity index (χ2v) is 14.6. The Morgan fingerprint density at radius 3 is 1.91 bits per heavy atom. The van der Waals surface area contributed by atoms with Gasteiger partial charge in [0.25, 0.3) is 10.0 Å². The SMILES string of the molecule is CC(C)CNC(=O)C(Cc1ccccc1)N(Cc1c(Cl)cccc1Cl)C(=O)CN(c1cc(Cl)cc(Cl)c1)S(=O)(=O)c1ccccc1. The van der Waals surface area contributed by atoms with E-state index in [0.717, 1.165) is 9.87 Å². The molecule has 1 unspecified atom stereocenters. The summed E-state index contributed by atoms with van der Waals surface area (Å²) in [5, 5.41) is 3.89. The molecule has 1 N–H and O–H groups in total. The van der Waals surface area contributed by atoms with E-state index < -0.39 is 34.4 Å². The van der Waals surface area contributed by atoms with Gasteiger partial charge in [-0.25, -0.2) is 8.42 Å². The van der Waals surface area contributed by atoms with Crippen LogP contribution < -0.4 is 9.62 Å². The van der Waals surface area contributed by atoms with Gasteiger partial charge < -0.3 is 10.2 Å². The lowest BCUT2D eigenvalue weighted by Crippen LogP contribution is -2.53. The van der Waals surface area contributed by atoms with Gasteiger partial charge in [-0.3, -0.25) is 13.9 Å². The number of hydrogen-bond acceptors (Lipinski definition) is 4. The van der Waals surface area contributed by atoms with Crippen LogP contribution in [-0.2, 0) is 32.6 Å². The smallest absolute Gasteiger partial charge is 0.264 e. The fraction of sp³-hybridized carbons (Fsp3) is 0.235. The molecule has 0 saturated carbocycles. The molecule has 0 aliphatic heterocycles. The van der Waals surface area contributed by atoms with Crippen LogP contribution in [0.2, 0.25) is 20.1 Å². The predicted octanol–water partition coefficient (Wildman–Crippen LogP) is 7.91. The fourth-order valence-corrected chi connectivity index (χ4v) is 7.21. The first-order chi connectivity index (χ1) is 21.9. The number of hydrogen-bond donors (Lipinski definition) is 1. The van der Waals surface area contributed by atoms with Crippen LogP contribution in [0.25, 0.3) is 0 Å². The van der Waals surface area contributed by atoms with Crippen LogP contribution in [0.3, 0.4) is 0 Å². The van der Waals surface area contributed by atoms with Crippen LogP contribution in [0.1, 0.15) is 25.0 Å². The van der Waals surface area contributed by atoms with Crippen molar-refractivity contribution in [1.29, 1.82) is 0 Å². The zero-order valence-electron chi connectivity index (χ0n) is 25.2. The van der Waals surface area contributed by atoms with E-state index >= 15 is 0 Å². The maximum Gasteiger partial charge on any atom is 0.264 e. The number of carbonyl (C=O) groups excluding carboxylic acids is 2. The molecule has 4 aromatic carbocycles. The molecule has 0 bridgehead atoms. The van der Waals surface area contributed by atoms with Gasteiger partial charge in [-0.05, 0) is 53.9 Å². The minimum atomic E-state index is -4.32. The molecule has 0 aliphatic carbocycles. The van der Waals surface area contributed by atoms with Crippen molar-refractivity contribution in [2.45, 2.75) is 37.8 Å². The number of nitrogens with one attached hydrogen (secondary N) is 1. The Labute approximate surface area is 290 Å². The first-order valence-electron chi connectivity index (χ1n) is 14.4. The van der Waals surface area contributed by atoms with Crippen LogP contribution in [0.5, 0.6) is 0 Å². The summed E-state index contributed by atoms with van der Waals surface area (Å²) < 4.78 is 29.1. The fourth-order valence-electron chi connectivity index (χ4n) is 4.76. The summed E-state index contributed by atoms with van der Waals surface area (Å²) >= 11 is 25.7. The van der Waals surface area contributed by atoms with Crippen molar-refractivity contribution in [2.24, 2.45) is 5.92 Å². The molecule has 2 amide bonds. The van der Waals surface area contributed by atoms with Crippen LogP contribution in [0.4, 0.5) is 5.69 Å². The second kappa shape index (κ2) is 16.0. The Morgan fingerprint density at radius 2 is 1.35 bits per heavy atom. The minimum Gasteiger partial charge on any atom is -0.354 e. The molecule has 4 aromatic rings. The van der Waals surface area contributed by atoms with E-state index in [1.807, 2.05) is 44.2 Å². The number of halogens is 4. The highest BCUT2D eigenvalue weighted by Gasteiger charge is 2.35. The van der Waals surface area contributed by atoms with Gasteiger partial charge in [0.15, 0.2) is 0 Å². The number of benzene rings is 4. The van der Waals surface area contributed by atoms with E-state index in [9.17, 15) is 18.0 Å². The zero-order chi connectivity index (χ0) is 33.4. The Kier molecular flexibility index (Phi) is 12.4. The molecule has 12 heteroatoms. The van der Waals surface area contributed by atoms with E-state index in [4.69, 9.17) is 46.4 Å². The molecular formula is C34H33Cl4N3O4S. The van der Waals surface area contributed by atoms with Gasteiger partial charge in [-0.2, -0.15) is 0 Å². The summed E-state index contributed by atoms with van der Waals surface area (Å²) in [6, 6.07) is 25.1. The van der Waals surface area contributed by atoms with Gasteiger partial charge in [0.2, 0.25) is 11.8 Å². The Balaban J connectivity index is 1.85. The largest absolute Gasteiger partial charge is 0.354 e. The van der Waals surface area contributed by atoms with Crippen LogP contribution in [-0.4, -0.2) is 44.3 Å². The minimum absolute atomic E-state index is 0.0462. The van der Waals surface area contributed by atoms with Gasteiger partial charge in [-0.15, -0.1) is 0 Å². The predicted molar refractivity (Wildman–Crippen MR) is 186 cm³/mol. The Morgan fingerprint density at radius 1 is 0.783 bits per heavy atom. The van der Waals surface area contributed by atoms with Gasteiger partial charge in [-0.1, -0.05) is 115 Å². The number of nitrogens with zero attached hydrogens (tertiary/aromatic N) is 2. The van der Waals surface area contributed by atoms with Crippen molar-refractivity contribution >= 4 is 73.9 Å². The maximum atomic E-state index is 14.6. The summed E-state index contributed by atoms with van der Waals surface area (Å²) in [5.41, 5.74) is 1.29. The number of sulfonamides is 1. The summed E-state index contributed by atoms with van der Waals surface area (Å²) in [5.74, 6) is -0.938. The van der Waals surface area contributed by atoms with E-state index in [1.54, 1.807) is 36.4 Å². The van der Waals surface area contributed by atoms with Gasteiger partial charge in [0, 0.05) is 45.2 Å². The lowest BCUT2D eigenvalue weighted by molar-refractivity contribution is -0.140. The Bertz CT molecular complexity index is 1730. The van der Waals surface area contributed by atoms with Crippen molar-refractivity contribution in [3.8, 4) is 0 Å². The van der Waals surface area contributed by atoms with Crippen molar-refractivity contribution in [3.63, 3.8) is 0 Å². The zero-order valence-corrected chi connectivity index (χ0v) is 29.0. The number of anilines is 1. The molecule has 46 heavy (non-hydrogen) atoms. The van der Waals surface area contributed by atoms with Gasteiger partial charge in [0.05, 0.1) is 10.6 Å². The molecule has 0 spiro atoms. The molecular weight excluding hydrogens is 688 g/mol. The van der Waals surface area contributed by atoms with E-state index in [1.165, 1.54) is 35.2 Å². The molecule has 7 nitrogen and oxygen atoms in total. The third-order valence-electron chi connectivity index (χ3n) is 7.09. The monoisotopic (exact) mass is 719 g/mol. The van der Waals surface area contributed by atoms with Crippen molar-refractivity contribution < 1.29 is 18.0 Å². The van der Waals surface area contributed by atoms with Gasteiger partial charge in [0.1, 0.15) is 12.6 Å². The third-order valence-corrected chi connectivity index (χ3v) is 10.0. The molecule has 4 rings (SSSR count). The van der Waals surface area contributed by atoms with Crippen molar-refractivity contribution in [2.75, 3.05) is 17.4 Å². The topological polar surface area (TPSA) is 86.8 Å². The lowest BCUT2D eigenvalue weighted by atomic mass is 10.0. The summed E-state index contributed by atoms with van der Waals surface area (Å²) in [4.78, 5) is 29.7. The second-order valence-electron chi connectivity index (χ2n) is 11.0. The van der Waals surface area contributed by atoms with Crippen LogP contribution in [0, 0.1) is 5.92 Å². The highest BCUT2D eigenvalue weighted by Crippen LogP contribution is 2.31. The average molecular weight is 722 g/mol. The highest BCUT2D eigenvalue weighted by molar-refractivity contribution is 7.92. The molecule has 1 atom stereocenters. The third kappa shape index (κ3) is 9.17. The van der Waals surface area contributed by atoms with Crippen molar-refractivity contribution in [1.82, 2.24) is 10.2 Å². The first kappa shape index (κ1) is 35.6. The van der Waals surface area contributed by atoms with E-state index in [2.05, 4.69) is 5.32 Å². The molecule has 0 radical (unpaired) electrons. The quantitative estimate of drug-likeness (QED) is 0.152. The van der Waals surface area contributed by atoms with Gasteiger partial charge >= 0.3 is 0 Å². The summed E-state index contributed by atoms with van der Waals surface area (Å²) in [7, 11) is -4.32. The Hall–Kier alpha value is -3.27.